The molecule has 0 fully saturated rings. The second kappa shape index (κ2) is 6.93. The van der Waals surface area contributed by atoms with Crippen LogP contribution in [0.4, 0.5) is 15.3 Å². The van der Waals surface area contributed by atoms with Crippen LogP contribution >= 0.6 is 23.2 Å². The first-order valence-electron chi connectivity index (χ1n) is 4.98. The largest absolute Gasteiger partial charge is 0.449 e. The van der Waals surface area contributed by atoms with Gasteiger partial charge in [-0.3, -0.25) is 0 Å². The smallest absolute Gasteiger partial charge is 0.426 e. The molecule has 0 aliphatic carbocycles. The van der Waals surface area contributed by atoms with E-state index < -0.39 is 12.1 Å². The number of ether oxygens (including phenoxy) is 1. The van der Waals surface area contributed by atoms with Gasteiger partial charge in [-0.05, 0) is 19.1 Å². The van der Waals surface area contributed by atoms with Crippen molar-refractivity contribution in [2.24, 2.45) is 0 Å². The van der Waals surface area contributed by atoms with Crippen LogP contribution in [-0.4, -0.2) is 18.7 Å². The molecule has 0 unspecified atom stereocenters. The van der Waals surface area contributed by atoms with Crippen molar-refractivity contribution in [3.63, 3.8) is 0 Å². The highest BCUT2D eigenvalue weighted by atomic mass is 35.5. The van der Waals surface area contributed by atoms with Crippen molar-refractivity contribution in [3.8, 4) is 0 Å². The van der Waals surface area contributed by atoms with Crippen molar-refractivity contribution < 1.29 is 14.3 Å². The normalized spacial score (nSPS) is 9.50. The Bertz CT molecular complexity index is 434. The zero-order valence-electron chi connectivity index (χ0n) is 9.42. The van der Waals surface area contributed by atoms with Gasteiger partial charge in [-0.1, -0.05) is 29.3 Å². The van der Waals surface area contributed by atoms with Gasteiger partial charge in [0.15, 0.2) is 0 Å². The molecule has 0 radical (unpaired) electrons. The van der Waals surface area contributed by atoms with Gasteiger partial charge < -0.3 is 10.1 Å². The highest BCUT2D eigenvalue weighted by molar-refractivity contribution is 6.39. The standard InChI is InChI=1S/C10H11Cl2N3O3/c1-2-18-10(17)15-14-9(16)13-8-6(11)4-3-5-7(8)12/h3-5H,2H2,1H3,(H,15,17)(H2,13,14,16). The van der Waals surface area contributed by atoms with E-state index in [0.717, 1.165) is 0 Å². The third-order valence-corrected chi connectivity index (χ3v) is 2.38. The summed E-state index contributed by atoms with van der Waals surface area (Å²) in [5, 5.41) is 2.96. The number of hydrogen-bond acceptors (Lipinski definition) is 3. The van der Waals surface area contributed by atoms with Gasteiger partial charge in [-0.2, -0.15) is 0 Å². The van der Waals surface area contributed by atoms with Crippen molar-refractivity contribution in [1.29, 1.82) is 0 Å². The highest BCUT2D eigenvalue weighted by Gasteiger charge is 2.10. The first kappa shape index (κ1) is 14.4. The Morgan fingerprint density at radius 1 is 1.22 bits per heavy atom. The third-order valence-electron chi connectivity index (χ3n) is 1.75. The fraction of sp³-hybridized carbons (Fsp3) is 0.200. The number of carbonyl (C=O) groups excluding carboxylic acids is 2. The van der Waals surface area contributed by atoms with E-state index in [1.807, 2.05) is 5.43 Å². The Hall–Kier alpha value is -1.66. The van der Waals surface area contributed by atoms with E-state index in [0.29, 0.717) is 0 Å². The minimum absolute atomic E-state index is 0.200. The first-order valence-corrected chi connectivity index (χ1v) is 5.74. The fourth-order valence-corrected chi connectivity index (χ4v) is 1.53. The molecule has 0 heterocycles. The molecular weight excluding hydrogens is 281 g/mol. The number of urea groups is 1. The van der Waals surface area contributed by atoms with Gasteiger partial charge in [-0.15, -0.1) is 0 Å². The topological polar surface area (TPSA) is 79.5 Å². The van der Waals surface area contributed by atoms with E-state index in [1.54, 1.807) is 25.1 Å². The van der Waals surface area contributed by atoms with Crippen LogP contribution in [0.25, 0.3) is 0 Å². The number of anilines is 1. The lowest BCUT2D eigenvalue weighted by molar-refractivity contribution is 0.148. The summed E-state index contributed by atoms with van der Waals surface area (Å²) in [5.74, 6) is 0. The van der Waals surface area contributed by atoms with E-state index in [-0.39, 0.29) is 22.3 Å². The lowest BCUT2D eigenvalue weighted by Gasteiger charge is -2.10. The average Bonchev–Trinajstić information content (AvgIpc) is 2.32. The molecule has 8 heteroatoms. The van der Waals surface area contributed by atoms with Gasteiger partial charge in [0, 0.05) is 0 Å². The van der Waals surface area contributed by atoms with Crippen molar-refractivity contribution in [2.75, 3.05) is 11.9 Å². The molecule has 3 amide bonds. The van der Waals surface area contributed by atoms with Crippen LogP contribution in [0.15, 0.2) is 18.2 Å². The van der Waals surface area contributed by atoms with E-state index in [2.05, 4.69) is 15.5 Å². The average molecular weight is 292 g/mol. The highest BCUT2D eigenvalue weighted by Crippen LogP contribution is 2.29. The van der Waals surface area contributed by atoms with E-state index in [1.165, 1.54) is 0 Å². The number of benzene rings is 1. The molecule has 3 N–H and O–H groups in total. The molecule has 18 heavy (non-hydrogen) atoms. The van der Waals surface area contributed by atoms with Gasteiger partial charge in [0.1, 0.15) is 0 Å². The quantitative estimate of drug-likeness (QED) is 0.733. The van der Waals surface area contributed by atoms with Gasteiger partial charge in [0.2, 0.25) is 0 Å². The summed E-state index contributed by atoms with van der Waals surface area (Å²) < 4.78 is 4.55. The molecule has 0 aromatic heterocycles. The maximum atomic E-state index is 11.4. The summed E-state index contributed by atoms with van der Waals surface area (Å²) in [6.07, 6.45) is -0.766. The minimum atomic E-state index is -0.766. The van der Waals surface area contributed by atoms with E-state index in [4.69, 9.17) is 23.2 Å². The predicted octanol–water partition coefficient (Wildman–Crippen LogP) is 2.78. The Morgan fingerprint density at radius 2 is 1.83 bits per heavy atom. The molecule has 1 aromatic rings. The number of carbonyl (C=O) groups is 2. The molecule has 1 aromatic carbocycles. The van der Waals surface area contributed by atoms with Crippen molar-refractivity contribution in [1.82, 2.24) is 10.9 Å². The molecule has 0 bridgehead atoms. The zero-order valence-corrected chi connectivity index (χ0v) is 10.9. The van der Waals surface area contributed by atoms with Crippen molar-refractivity contribution >= 4 is 41.0 Å². The third kappa shape index (κ3) is 4.31. The van der Waals surface area contributed by atoms with Crippen LogP contribution in [0.1, 0.15) is 6.92 Å². The number of halogens is 2. The summed E-state index contributed by atoms with van der Waals surface area (Å²) in [7, 11) is 0. The molecule has 0 spiro atoms. The molecule has 0 aliphatic heterocycles. The second-order valence-electron chi connectivity index (χ2n) is 3.02. The van der Waals surface area contributed by atoms with Crippen molar-refractivity contribution in [2.45, 2.75) is 6.92 Å². The lowest BCUT2D eigenvalue weighted by Crippen LogP contribution is -2.44. The molecule has 1 rings (SSSR count). The summed E-state index contributed by atoms with van der Waals surface area (Å²) >= 11 is 11.7. The number of hydrogen-bond donors (Lipinski definition) is 3. The van der Waals surface area contributed by atoms with Crippen LogP contribution in [0, 0.1) is 0 Å². The second-order valence-corrected chi connectivity index (χ2v) is 3.84. The molecule has 6 nitrogen and oxygen atoms in total. The summed E-state index contributed by atoms with van der Waals surface area (Å²) in [4.78, 5) is 22.3. The Kier molecular flexibility index (Phi) is 5.54. The molecule has 98 valence electrons. The number of amides is 3. The summed E-state index contributed by atoms with van der Waals surface area (Å²) in [6, 6.07) is 4.09. The van der Waals surface area contributed by atoms with Crippen LogP contribution in [0.3, 0.4) is 0 Å². The molecule has 0 saturated carbocycles. The maximum absolute atomic E-state index is 11.4. The Labute approximate surface area is 114 Å². The molecular formula is C10H11Cl2N3O3. The van der Waals surface area contributed by atoms with Crippen LogP contribution in [0.5, 0.6) is 0 Å². The maximum Gasteiger partial charge on any atom is 0.426 e. The van der Waals surface area contributed by atoms with E-state index in [9.17, 15) is 9.59 Å². The number of nitrogens with one attached hydrogen (secondary N) is 3. The van der Waals surface area contributed by atoms with E-state index >= 15 is 0 Å². The van der Waals surface area contributed by atoms with Crippen LogP contribution in [0.2, 0.25) is 10.0 Å². The number of hydrazine groups is 1. The Balaban J connectivity index is 2.52. The Morgan fingerprint density at radius 3 is 2.39 bits per heavy atom. The van der Waals surface area contributed by atoms with Gasteiger partial charge in [0.05, 0.1) is 22.3 Å². The minimum Gasteiger partial charge on any atom is -0.449 e. The van der Waals surface area contributed by atoms with Crippen LogP contribution in [-0.2, 0) is 4.74 Å². The predicted molar refractivity (Wildman–Crippen MR) is 68.8 cm³/mol. The molecule has 0 saturated heterocycles. The monoisotopic (exact) mass is 291 g/mol. The molecule has 0 aliphatic rings. The zero-order chi connectivity index (χ0) is 13.5. The fourth-order valence-electron chi connectivity index (χ4n) is 1.04. The summed E-state index contributed by atoms with van der Waals surface area (Å²) in [5.41, 5.74) is 4.37. The first-order chi connectivity index (χ1) is 8.54. The van der Waals surface area contributed by atoms with Gasteiger partial charge >= 0.3 is 12.1 Å². The van der Waals surface area contributed by atoms with Crippen LogP contribution < -0.4 is 16.2 Å². The number of rotatable bonds is 2. The lowest BCUT2D eigenvalue weighted by atomic mass is 10.3. The molecule has 0 atom stereocenters. The van der Waals surface area contributed by atoms with Gasteiger partial charge in [-0.25, -0.2) is 20.4 Å². The van der Waals surface area contributed by atoms with Gasteiger partial charge in [0.25, 0.3) is 0 Å². The van der Waals surface area contributed by atoms with Crippen molar-refractivity contribution in [3.05, 3.63) is 28.2 Å². The number of para-hydroxylation sites is 1. The summed E-state index contributed by atoms with van der Waals surface area (Å²) in [6.45, 7) is 1.84. The SMILES string of the molecule is CCOC(=O)NNC(=O)Nc1c(Cl)cccc1Cl.